The summed E-state index contributed by atoms with van der Waals surface area (Å²) in [4.78, 5) is 11.2. The van der Waals surface area contributed by atoms with E-state index < -0.39 is 0 Å². The maximum atomic E-state index is 11.2. The van der Waals surface area contributed by atoms with Crippen LogP contribution in [0.15, 0.2) is 0 Å². The van der Waals surface area contributed by atoms with Crippen LogP contribution in [0.25, 0.3) is 0 Å². The molecule has 0 aromatic heterocycles. The van der Waals surface area contributed by atoms with Gasteiger partial charge in [-0.1, -0.05) is 0 Å². The molecule has 3 heteroatoms. The molecule has 1 unspecified atom stereocenters. The van der Waals surface area contributed by atoms with E-state index in [1.165, 1.54) is 12.8 Å². The van der Waals surface area contributed by atoms with Crippen LogP contribution in [-0.2, 0) is 9.53 Å². The van der Waals surface area contributed by atoms with Crippen LogP contribution < -0.4 is 5.32 Å². The number of hydrogen-bond acceptors (Lipinski definition) is 3. The summed E-state index contributed by atoms with van der Waals surface area (Å²) in [6.07, 6.45) is 2.34. The third kappa shape index (κ3) is 1.03. The topological polar surface area (TPSA) is 38.3 Å². The van der Waals surface area contributed by atoms with Crippen molar-refractivity contribution >= 4 is 5.97 Å². The lowest BCUT2D eigenvalue weighted by atomic mass is 9.83. The van der Waals surface area contributed by atoms with Crippen LogP contribution >= 0.6 is 0 Å². The van der Waals surface area contributed by atoms with Crippen LogP contribution in [0.3, 0.4) is 0 Å². The summed E-state index contributed by atoms with van der Waals surface area (Å²) in [5.41, 5.74) is 0. The van der Waals surface area contributed by atoms with E-state index in [9.17, 15) is 4.79 Å². The predicted octanol–water partition coefficient (Wildman–Crippen LogP) is 0.300. The SMILES string of the molecule is CCOC(=O)C1NC2CC1C2. The van der Waals surface area contributed by atoms with Crippen LogP contribution in [0.4, 0.5) is 0 Å². The maximum absolute atomic E-state index is 11.2. The predicted molar refractivity (Wildman–Crippen MR) is 40.1 cm³/mol. The van der Waals surface area contributed by atoms with Crippen molar-refractivity contribution in [1.29, 1.82) is 0 Å². The number of nitrogens with one attached hydrogen (secondary N) is 1. The molecule has 0 spiro atoms. The molecule has 62 valence electrons. The van der Waals surface area contributed by atoms with Gasteiger partial charge in [0.1, 0.15) is 6.04 Å². The van der Waals surface area contributed by atoms with Gasteiger partial charge in [-0.2, -0.15) is 0 Å². The lowest BCUT2D eigenvalue weighted by Crippen LogP contribution is -2.33. The number of carbonyl (C=O) groups excluding carboxylic acids is 1. The third-order valence-corrected chi connectivity index (χ3v) is 2.60. The van der Waals surface area contributed by atoms with Crippen LogP contribution in [0.5, 0.6) is 0 Å². The van der Waals surface area contributed by atoms with Crippen LogP contribution in [-0.4, -0.2) is 24.7 Å². The van der Waals surface area contributed by atoms with Gasteiger partial charge in [-0.15, -0.1) is 0 Å². The van der Waals surface area contributed by atoms with Crippen molar-refractivity contribution in [2.75, 3.05) is 6.61 Å². The molecular formula is C8H13NO2. The second-order valence-corrected chi connectivity index (χ2v) is 3.32. The van der Waals surface area contributed by atoms with E-state index >= 15 is 0 Å². The molecule has 1 atom stereocenters. The average Bonchev–Trinajstić information content (AvgIpc) is 2.41. The molecule has 11 heavy (non-hydrogen) atoms. The normalized spacial score (nSPS) is 39.9. The Balaban J connectivity index is 1.90. The van der Waals surface area contributed by atoms with Crippen molar-refractivity contribution in [1.82, 2.24) is 5.32 Å². The minimum Gasteiger partial charge on any atom is -0.465 e. The standard InChI is InChI=1S/C8H13NO2/c1-2-11-8(10)7-5-3-6(4-5)9-7/h5-7,9H,2-4H2,1H3. The highest BCUT2D eigenvalue weighted by Gasteiger charge is 2.47. The van der Waals surface area contributed by atoms with Crippen LogP contribution in [0.1, 0.15) is 19.8 Å². The number of hydrogen-bond donors (Lipinski definition) is 1. The van der Waals surface area contributed by atoms with Gasteiger partial charge >= 0.3 is 5.97 Å². The monoisotopic (exact) mass is 155 g/mol. The molecule has 2 aliphatic heterocycles. The Kier molecular flexibility index (Phi) is 1.60. The summed E-state index contributed by atoms with van der Waals surface area (Å²) in [7, 11) is 0. The molecule has 0 aromatic rings. The van der Waals surface area contributed by atoms with Crippen molar-refractivity contribution in [2.24, 2.45) is 5.92 Å². The fraction of sp³-hybridized carbons (Fsp3) is 0.875. The van der Waals surface area contributed by atoms with E-state index in [2.05, 4.69) is 5.32 Å². The largest absolute Gasteiger partial charge is 0.465 e. The first-order chi connectivity index (χ1) is 5.31. The summed E-state index contributed by atoms with van der Waals surface area (Å²) in [6.45, 7) is 2.34. The van der Waals surface area contributed by atoms with Crippen molar-refractivity contribution in [3.63, 3.8) is 0 Å². The van der Waals surface area contributed by atoms with Gasteiger partial charge in [0.2, 0.25) is 0 Å². The van der Waals surface area contributed by atoms with Gasteiger partial charge in [0.15, 0.2) is 0 Å². The zero-order chi connectivity index (χ0) is 7.84. The van der Waals surface area contributed by atoms with Gasteiger partial charge in [-0.25, -0.2) is 0 Å². The van der Waals surface area contributed by atoms with Crippen LogP contribution in [0.2, 0.25) is 0 Å². The molecule has 3 rings (SSSR count). The molecule has 2 heterocycles. The number of rotatable bonds is 2. The van der Waals surface area contributed by atoms with E-state index in [-0.39, 0.29) is 12.0 Å². The van der Waals surface area contributed by atoms with E-state index in [1.807, 2.05) is 6.92 Å². The van der Waals surface area contributed by atoms with Crippen molar-refractivity contribution < 1.29 is 9.53 Å². The molecular weight excluding hydrogens is 142 g/mol. The highest BCUT2D eigenvalue weighted by Crippen LogP contribution is 2.38. The summed E-state index contributed by atoms with van der Waals surface area (Å²) in [6, 6.07) is 0.620. The third-order valence-electron chi connectivity index (χ3n) is 2.60. The number of carbonyl (C=O) groups is 1. The minimum atomic E-state index is -0.0579. The lowest BCUT2D eigenvalue weighted by Gasteiger charge is -2.21. The van der Waals surface area contributed by atoms with Gasteiger partial charge < -0.3 is 10.1 Å². The summed E-state index contributed by atoms with van der Waals surface area (Å²) in [5, 5.41) is 3.24. The van der Waals surface area contributed by atoms with E-state index in [4.69, 9.17) is 4.74 Å². The molecule has 1 N–H and O–H groups in total. The molecule has 3 nitrogen and oxygen atoms in total. The number of fused-ring (bicyclic) bond motifs is 1. The first kappa shape index (κ1) is 7.10. The molecule has 0 radical (unpaired) electrons. The molecule has 1 aliphatic carbocycles. The highest BCUT2D eigenvalue weighted by atomic mass is 16.5. The van der Waals surface area contributed by atoms with Crippen molar-refractivity contribution in [3.8, 4) is 0 Å². The quantitative estimate of drug-likeness (QED) is 0.583. The van der Waals surface area contributed by atoms with Gasteiger partial charge in [0.25, 0.3) is 0 Å². The maximum Gasteiger partial charge on any atom is 0.323 e. The lowest BCUT2D eigenvalue weighted by molar-refractivity contribution is -0.145. The van der Waals surface area contributed by atoms with Crippen LogP contribution in [0, 0.1) is 5.92 Å². The number of ether oxygens (including phenoxy) is 1. The summed E-state index contributed by atoms with van der Waals surface area (Å²) < 4.78 is 4.92. The molecule has 0 amide bonds. The number of esters is 1. The zero-order valence-electron chi connectivity index (χ0n) is 6.67. The second-order valence-electron chi connectivity index (χ2n) is 3.32. The van der Waals surface area contributed by atoms with E-state index in [0.29, 0.717) is 18.6 Å². The minimum absolute atomic E-state index is 0.0138. The molecule has 0 aromatic carbocycles. The Morgan fingerprint density at radius 2 is 2.36 bits per heavy atom. The van der Waals surface area contributed by atoms with E-state index in [0.717, 1.165) is 0 Å². The summed E-state index contributed by atoms with van der Waals surface area (Å²) in [5.74, 6) is 0.511. The Morgan fingerprint density at radius 1 is 1.64 bits per heavy atom. The highest BCUT2D eigenvalue weighted by molar-refractivity contribution is 5.77. The molecule has 3 aliphatic rings. The smallest absolute Gasteiger partial charge is 0.323 e. The first-order valence-electron chi connectivity index (χ1n) is 4.24. The Morgan fingerprint density at radius 3 is 2.82 bits per heavy atom. The first-order valence-corrected chi connectivity index (χ1v) is 4.24. The Hall–Kier alpha value is -0.570. The van der Waals surface area contributed by atoms with Crippen molar-refractivity contribution in [2.45, 2.75) is 31.8 Å². The molecule has 2 saturated heterocycles. The fourth-order valence-corrected chi connectivity index (χ4v) is 1.95. The molecule has 3 fully saturated rings. The summed E-state index contributed by atoms with van der Waals surface area (Å²) >= 11 is 0. The van der Waals surface area contributed by atoms with Gasteiger partial charge in [0.05, 0.1) is 6.61 Å². The van der Waals surface area contributed by atoms with Gasteiger partial charge in [-0.05, 0) is 25.7 Å². The second kappa shape index (κ2) is 2.48. The van der Waals surface area contributed by atoms with Crippen molar-refractivity contribution in [3.05, 3.63) is 0 Å². The molecule has 2 bridgehead atoms. The fourth-order valence-electron chi connectivity index (χ4n) is 1.95. The van der Waals surface area contributed by atoms with Gasteiger partial charge in [0, 0.05) is 6.04 Å². The van der Waals surface area contributed by atoms with E-state index in [1.54, 1.807) is 0 Å². The Bertz CT molecular complexity index is 175. The van der Waals surface area contributed by atoms with Gasteiger partial charge in [-0.3, -0.25) is 4.79 Å². The molecule has 1 saturated carbocycles. The average molecular weight is 155 g/mol. The Labute approximate surface area is 66.1 Å². The zero-order valence-corrected chi connectivity index (χ0v) is 6.67.